The largest absolute Gasteiger partial charge is 0.455 e. The fourth-order valence-electron chi connectivity index (χ4n) is 5.15. The van der Waals surface area contributed by atoms with Crippen LogP contribution < -0.4 is 10.6 Å². The number of nitrogens with one attached hydrogen (secondary N) is 2. The number of nitro groups is 1. The first-order valence-corrected chi connectivity index (χ1v) is 14.9. The molecule has 13 nitrogen and oxygen atoms in total. The molecule has 0 spiro atoms. The summed E-state index contributed by atoms with van der Waals surface area (Å²) < 4.78 is 31.2. The summed E-state index contributed by atoms with van der Waals surface area (Å²) in [6.45, 7) is 9.60. The van der Waals surface area contributed by atoms with Crippen molar-refractivity contribution in [1.82, 2.24) is 20.2 Å². The van der Waals surface area contributed by atoms with Crippen molar-refractivity contribution in [2.45, 2.75) is 76.3 Å². The standard InChI is InChI=1S/C29H36BrFN6O7/c1-16-19(8-7-9-20(16)37(40)41)17(2)32-24-21(26-42-12-13-43-26)23(33-18(3)34-24)22(30)25(38)35-29(14-31)10-11-36(15-29)27(39)44-28(4,5)6/h7-9,12-13,17,22,26H,10-11,14-15H2,1-6H3,(H,35,38)(H,32,33,34)/t17-,22?,29?/m1/s1. The molecule has 0 saturated carbocycles. The van der Waals surface area contributed by atoms with Crippen LogP contribution in [0, 0.1) is 24.0 Å². The Morgan fingerprint density at radius 2 is 1.95 bits per heavy atom. The van der Waals surface area contributed by atoms with Gasteiger partial charge in [-0.3, -0.25) is 14.9 Å². The summed E-state index contributed by atoms with van der Waals surface area (Å²) in [7, 11) is 0. The van der Waals surface area contributed by atoms with Crippen LogP contribution in [-0.2, 0) is 19.0 Å². The minimum atomic E-state index is -1.32. The van der Waals surface area contributed by atoms with Crippen LogP contribution in [0.1, 0.15) is 79.5 Å². The van der Waals surface area contributed by atoms with Crippen LogP contribution in [0.2, 0.25) is 0 Å². The van der Waals surface area contributed by atoms with Gasteiger partial charge in [0, 0.05) is 24.7 Å². The van der Waals surface area contributed by atoms with Gasteiger partial charge in [0.25, 0.3) is 12.0 Å². The molecule has 238 valence electrons. The Morgan fingerprint density at radius 1 is 1.27 bits per heavy atom. The number of amides is 2. The molecule has 0 aliphatic carbocycles. The molecule has 4 rings (SSSR count). The van der Waals surface area contributed by atoms with Crippen LogP contribution in [0.5, 0.6) is 0 Å². The minimum absolute atomic E-state index is 0.0151. The number of anilines is 1. The Kier molecular flexibility index (Phi) is 9.66. The zero-order valence-corrected chi connectivity index (χ0v) is 26.9. The molecule has 2 aromatic rings. The van der Waals surface area contributed by atoms with E-state index in [2.05, 4.69) is 36.5 Å². The van der Waals surface area contributed by atoms with E-state index in [-0.39, 0.29) is 36.7 Å². The molecule has 1 aromatic heterocycles. The zero-order valence-electron chi connectivity index (χ0n) is 25.3. The number of nitrogens with zero attached hydrogens (tertiary/aromatic N) is 4. The highest BCUT2D eigenvalue weighted by molar-refractivity contribution is 9.09. The number of nitro benzene ring substituents is 1. The molecule has 3 atom stereocenters. The Labute approximate surface area is 262 Å². The monoisotopic (exact) mass is 678 g/mol. The number of aromatic nitrogens is 2. The maximum Gasteiger partial charge on any atom is 0.410 e. The molecule has 1 saturated heterocycles. The summed E-state index contributed by atoms with van der Waals surface area (Å²) in [5.74, 6) is 0.0103. The summed E-state index contributed by atoms with van der Waals surface area (Å²) in [5.41, 5.74) is -0.374. The van der Waals surface area contributed by atoms with Crippen molar-refractivity contribution < 1.29 is 33.1 Å². The van der Waals surface area contributed by atoms with E-state index in [0.717, 1.165) is 0 Å². The Morgan fingerprint density at radius 3 is 2.57 bits per heavy atom. The number of halogens is 2. The smallest absolute Gasteiger partial charge is 0.410 e. The highest BCUT2D eigenvalue weighted by atomic mass is 79.9. The first kappa shape index (κ1) is 32.9. The van der Waals surface area contributed by atoms with Crippen molar-refractivity contribution in [3.63, 3.8) is 0 Å². The molecule has 2 unspecified atom stereocenters. The molecular weight excluding hydrogens is 643 g/mol. The third-order valence-electron chi connectivity index (χ3n) is 7.27. The quantitative estimate of drug-likeness (QED) is 0.194. The lowest BCUT2D eigenvalue weighted by Gasteiger charge is -2.30. The number of benzene rings is 1. The van der Waals surface area contributed by atoms with E-state index in [1.807, 2.05) is 6.92 Å². The SMILES string of the molecule is Cc1nc(N[C@H](C)c2cccc([N+](=O)[O-])c2C)c(C2OC=CO2)c(C(Br)C(=O)NC2(CF)CCN(C(=O)OC(C)(C)C)C2)n1. The number of hydrogen-bond donors (Lipinski definition) is 2. The molecule has 0 radical (unpaired) electrons. The predicted molar refractivity (Wildman–Crippen MR) is 162 cm³/mol. The number of hydrogen-bond acceptors (Lipinski definition) is 10. The normalized spacial score (nSPS) is 19.6. The highest BCUT2D eigenvalue weighted by Gasteiger charge is 2.44. The Bertz CT molecular complexity index is 1460. The van der Waals surface area contributed by atoms with Gasteiger partial charge in [0.05, 0.1) is 27.8 Å². The fourth-order valence-corrected chi connectivity index (χ4v) is 5.62. The lowest BCUT2D eigenvalue weighted by atomic mass is 9.99. The summed E-state index contributed by atoms with van der Waals surface area (Å²) in [4.78, 5) is 46.7. The van der Waals surface area contributed by atoms with Gasteiger partial charge in [-0.1, -0.05) is 28.1 Å². The van der Waals surface area contributed by atoms with E-state index < -0.39 is 51.9 Å². The molecule has 0 bridgehead atoms. The maximum absolute atomic E-state index is 14.5. The van der Waals surface area contributed by atoms with Gasteiger partial charge in [-0.25, -0.2) is 19.2 Å². The van der Waals surface area contributed by atoms with Gasteiger partial charge in [0.15, 0.2) is 0 Å². The van der Waals surface area contributed by atoms with Crippen LogP contribution in [-0.4, -0.2) is 62.7 Å². The Balaban J connectivity index is 1.63. The molecular formula is C29H36BrFN6O7. The number of carbonyl (C=O) groups is 2. The zero-order chi connectivity index (χ0) is 32.4. The summed E-state index contributed by atoms with van der Waals surface area (Å²) in [6.07, 6.45) is 1.28. The fraction of sp³-hybridized carbons (Fsp3) is 0.517. The topological polar surface area (TPSA) is 158 Å². The van der Waals surface area contributed by atoms with Gasteiger partial charge in [-0.2, -0.15) is 0 Å². The van der Waals surface area contributed by atoms with Crippen molar-refractivity contribution in [3.8, 4) is 0 Å². The van der Waals surface area contributed by atoms with Gasteiger partial charge in [-0.05, 0) is 53.5 Å². The van der Waals surface area contributed by atoms with Gasteiger partial charge < -0.3 is 29.7 Å². The number of carbonyl (C=O) groups excluding carboxylic acids is 2. The second kappa shape index (κ2) is 12.9. The average molecular weight is 680 g/mol. The molecule has 15 heteroatoms. The van der Waals surface area contributed by atoms with Gasteiger partial charge in [-0.15, -0.1) is 0 Å². The lowest BCUT2D eigenvalue weighted by molar-refractivity contribution is -0.385. The van der Waals surface area contributed by atoms with Gasteiger partial charge in [0.1, 0.15) is 41.3 Å². The second-order valence-electron chi connectivity index (χ2n) is 11.8. The first-order valence-electron chi connectivity index (χ1n) is 14.0. The van der Waals surface area contributed by atoms with E-state index in [9.17, 15) is 24.1 Å². The third kappa shape index (κ3) is 7.20. The Hall–Kier alpha value is -4.01. The molecule has 1 fully saturated rings. The molecule has 3 heterocycles. The van der Waals surface area contributed by atoms with Crippen molar-refractivity contribution in [2.75, 3.05) is 25.1 Å². The summed E-state index contributed by atoms with van der Waals surface area (Å²) >= 11 is 3.45. The van der Waals surface area contributed by atoms with E-state index in [1.165, 1.54) is 23.5 Å². The number of alkyl halides is 2. The van der Waals surface area contributed by atoms with E-state index in [1.54, 1.807) is 46.8 Å². The molecule has 1 aromatic carbocycles. The highest BCUT2D eigenvalue weighted by Crippen LogP contribution is 2.39. The molecule has 2 N–H and O–H groups in total. The van der Waals surface area contributed by atoms with Crippen molar-refractivity contribution >= 4 is 39.4 Å². The van der Waals surface area contributed by atoms with Crippen LogP contribution in [0.15, 0.2) is 30.7 Å². The maximum atomic E-state index is 14.5. The van der Waals surface area contributed by atoms with Gasteiger partial charge >= 0.3 is 6.09 Å². The van der Waals surface area contributed by atoms with Crippen LogP contribution in [0.25, 0.3) is 0 Å². The summed E-state index contributed by atoms with van der Waals surface area (Å²) in [5, 5.41) is 17.6. The van der Waals surface area contributed by atoms with Crippen LogP contribution >= 0.6 is 15.9 Å². The van der Waals surface area contributed by atoms with Gasteiger partial charge in [0.2, 0.25) is 5.91 Å². The van der Waals surface area contributed by atoms with E-state index in [0.29, 0.717) is 22.5 Å². The van der Waals surface area contributed by atoms with Crippen molar-refractivity contribution in [3.05, 3.63) is 69.0 Å². The van der Waals surface area contributed by atoms with E-state index in [4.69, 9.17) is 14.2 Å². The lowest BCUT2D eigenvalue weighted by Crippen LogP contribution is -2.53. The predicted octanol–water partition coefficient (Wildman–Crippen LogP) is 5.59. The number of likely N-dealkylation sites (tertiary alicyclic amines) is 1. The first-order chi connectivity index (χ1) is 20.6. The molecule has 44 heavy (non-hydrogen) atoms. The third-order valence-corrected chi connectivity index (χ3v) is 8.12. The van der Waals surface area contributed by atoms with Crippen LogP contribution in [0.4, 0.5) is 20.7 Å². The van der Waals surface area contributed by atoms with Crippen molar-refractivity contribution in [1.29, 1.82) is 0 Å². The summed E-state index contributed by atoms with van der Waals surface area (Å²) in [6, 6.07) is 4.36. The average Bonchev–Trinajstić information content (AvgIpc) is 3.62. The van der Waals surface area contributed by atoms with Crippen molar-refractivity contribution in [2.24, 2.45) is 0 Å². The molecule has 2 amide bonds. The number of rotatable bonds is 9. The minimum Gasteiger partial charge on any atom is -0.455 e. The second-order valence-corrected chi connectivity index (χ2v) is 12.7. The molecule has 2 aliphatic heterocycles. The van der Waals surface area contributed by atoms with Crippen LogP contribution in [0.3, 0.4) is 0 Å². The number of ether oxygens (including phenoxy) is 3. The molecule has 2 aliphatic rings. The van der Waals surface area contributed by atoms with E-state index >= 15 is 0 Å². The number of aryl methyl sites for hydroxylation is 1.